The summed E-state index contributed by atoms with van der Waals surface area (Å²) in [6.07, 6.45) is 7.55. The molecule has 1 aromatic carbocycles. The van der Waals surface area contributed by atoms with Crippen molar-refractivity contribution in [3.8, 4) is 5.75 Å². The molecule has 0 heterocycles. The van der Waals surface area contributed by atoms with E-state index in [9.17, 15) is 8.42 Å². The average molecular weight is 407 g/mol. The van der Waals surface area contributed by atoms with E-state index in [0.29, 0.717) is 38.1 Å². The van der Waals surface area contributed by atoms with Crippen molar-refractivity contribution < 1.29 is 17.9 Å². The highest BCUT2D eigenvalue weighted by atomic mass is 35.5. The van der Waals surface area contributed by atoms with Crippen LogP contribution in [0.4, 0.5) is 0 Å². The monoisotopic (exact) mass is 406 g/mol. The summed E-state index contributed by atoms with van der Waals surface area (Å²) >= 11 is 0. The molecule has 150 valence electrons. The Balaban J connectivity index is 0.00000338. The van der Waals surface area contributed by atoms with Gasteiger partial charge >= 0.3 is 0 Å². The summed E-state index contributed by atoms with van der Waals surface area (Å²) in [5.74, 6) is 0.631. The van der Waals surface area contributed by atoms with Gasteiger partial charge in [-0.05, 0) is 37.1 Å². The lowest BCUT2D eigenvalue weighted by Crippen LogP contribution is -2.36. The van der Waals surface area contributed by atoms with Crippen LogP contribution in [0.1, 0.15) is 38.5 Å². The molecule has 8 heteroatoms. The van der Waals surface area contributed by atoms with Crippen LogP contribution in [0.25, 0.3) is 0 Å². The maximum Gasteiger partial charge on any atom is 0.240 e. The van der Waals surface area contributed by atoms with Crippen LogP contribution < -0.4 is 14.8 Å². The van der Waals surface area contributed by atoms with Crippen LogP contribution in [0.15, 0.2) is 29.2 Å². The predicted octanol–water partition coefficient (Wildman–Crippen LogP) is 2.72. The molecule has 0 atom stereocenters. The van der Waals surface area contributed by atoms with Crippen LogP contribution >= 0.6 is 12.4 Å². The summed E-state index contributed by atoms with van der Waals surface area (Å²) in [5, 5.41) is 3.46. The van der Waals surface area contributed by atoms with Crippen LogP contribution in [0.2, 0.25) is 0 Å². The largest absolute Gasteiger partial charge is 0.491 e. The molecular weight excluding hydrogens is 376 g/mol. The van der Waals surface area contributed by atoms with E-state index in [1.165, 1.54) is 38.5 Å². The zero-order valence-corrected chi connectivity index (χ0v) is 17.0. The molecule has 0 unspecified atom stereocenters. The van der Waals surface area contributed by atoms with E-state index >= 15 is 0 Å². The van der Waals surface area contributed by atoms with E-state index in [1.807, 2.05) is 0 Å². The zero-order chi connectivity index (χ0) is 18.0. The average Bonchev–Trinajstić information content (AvgIpc) is 2.88. The number of hydrogen-bond acceptors (Lipinski definition) is 5. The second-order valence-corrected chi connectivity index (χ2v) is 8.12. The van der Waals surface area contributed by atoms with Crippen molar-refractivity contribution in [2.45, 2.75) is 49.5 Å². The Morgan fingerprint density at radius 1 is 1.00 bits per heavy atom. The molecule has 0 saturated heterocycles. The Bertz CT molecular complexity index is 588. The van der Waals surface area contributed by atoms with Gasteiger partial charge in [-0.3, -0.25) is 0 Å². The Labute approximate surface area is 163 Å². The van der Waals surface area contributed by atoms with Crippen LogP contribution in [0.5, 0.6) is 5.75 Å². The number of rotatable bonds is 10. The molecule has 1 fully saturated rings. The first-order valence-corrected chi connectivity index (χ1v) is 10.5. The van der Waals surface area contributed by atoms with Crippen molar-refractivity contribution in [2.24, 2.45) is 0 Å². The third kappa shape index (κ3) is 8.22. The molecule has 1 aliphatic carbocycles. The Hall–Kier alpha value is -0.860. The second kappa shape index (κ2) is 12.5. The minimum atomic E-state index is -3.48. The SMILES string of the molecule is COCCOc1ccc(S(=O)(=O)NCCNC2CCCCCC2)cc1.Cl. The van der Waals surface area contributed by atoms with Gasteiger partial charge in [-0.2, -0.15) is 0 Å². The first kappa shape index (κ1) is 23.2. The van der Waals surface area contributed by atoms with Gasteiger partial charge in [0.25, 0.3) is 0 Å². The van der Waals surface area contributed by atoms with Crippen LogP contribution in [-0.2, 0) is 14.8 Å². The number of halogens is 1. The van der Waals surface area contributed by atoms with Crippen LogP contribution in [0, 0.1) is 0 Å². The van der Waals surface area contributed by atoms with E-state index in [4.69, 9.17) is 9.47 Å². The lowest BCUT2D eigenvalue weighted by atomic mass is 10.1. The molecule has 0 bridgehead atoms. The van der Waals surface area contributed by atoms with E-state index in [-0.39, 0.29) is 17.3 Å². The van der Waals surface area contributed by atoms with Crippen molar-refractivity contribution in [1.29, 1.82) is 0 Å². The number of nitrogens with one attached hydrogen (secondary N) is 2. The molecule has 1 aliphatic rings. The summed E-state index contributed by atoms with van der Waals surface area (Å²) in [6.45, 7) is 1.98. The van der Waals surface area contributed by atoms with Gasteiger partial charge in [0.1, 0.15) is 12.4 Å². The normalized spacial score (nSPS) is 15.9. The fourth-order valence-electron chi connectivity index (χ4n) is 2.99. The van der Waals surface area contributed by atoms with Crippen molar-refractivity contribution in [1.82, 2.24) is 10.0 Å². The van der Waals surface area contributed by atoms with E-state index in [0.717, 1.165) is 0 Å². The minimum Gasteiger partial charge on any atom is -0.491 e. The fraction of sp³-hybridized carbons (Fsp3) is 0.667. The van der Waals surface area contributed by atoms with Gasteiger partial charge < -0.3 is 14.8 Å². The first-order chi connectivity index (χ1) is 12.1. The lowest BCUT2D eigenvalue weighted by Gasteiger charge is -2.16. The van der Waals surface area contributed by atoms with Crippen molar-refractivity contribution in [2.75, 3.05) is 33.4 Å². The molecule has 0 amide bonds. The fourth-order valence-corrected chi connectivity index (χ4v) is 4.02. The molecule has 2 rings (SSSR count). The standard InChI is InChI=1S/C18H30N2O4S.ClH/c1-23-14-15-24-17-8-10-18(11-9-17)25(21,22)20-13-12-19-16-6-4-2-3-5-7-16;/h8-11,16,19-20H,2-7,12-15H2,1H3;1H. The number of sulfonamides is 1. The third-order valence-corrected chi connectivity index (χ3v) is 5.87. The van der Waals surface area contributed by atoms with E-state index in [1.54, 1.807) is 31.4 Å². The zero-order valence-electron chi connectivity index (χ0n) is 15.4. The minimum absolute atomic E-state index is 0. The maximum atomic E-state index is 12.3. The number of methoxy groups -OCH3 is 1. The molecule has 0 aromatic heterocycles. The molecule has 1 aromatic rings. The van der Waals surface area contributed by atoms with Gasteiger partial charge in [0.2, 0.25) is 10.0 Å². The van der Waals surface area contributed by atoms with Crippen molar-refractivity contribution in [3.05, 3.63) is 24.3 Å². The maximum absolute atomic E-state index is 12.3. The molecule has 0 radical (unpaired) electrons. The molecule has 0 spiro atoms. The van der Waals surface area contributed by atoms with E-state index < -0.39 is 10.0 Å². The van der Waals surface area contributed by atoms with Gasteiger partial charge in [0.15, 0.2) is 0 Å². The second-order valence-electron chi connectivity index (χ2n) is 6.35. The number of ether oxygens (including phenoxy) is 2. The quantitative estimate of drug-likeness (QED) is 0.461. The third-order valence-electron chi connectivity index (χ3n) is 4.40. The molecule has 1 saturated carbocycles. The van der Waals surface area contributed by atoms with Gasteiger partial charge in [0, 0.05) is 26.2 Å². The number of hydrogen-bond donors (Lipinski definition) is 2. The summed E-state index contributed by atoms with van der Waals surface area (Å²) < 4.78 is 37.6. The van der Waals surface area contributed by atoms with Crippen LogP contribution in [-0.4, -0.2) is 47.9 Å². The molecule has 6 nitrogen and oxygen atoms in total. The lowest BCUT2D eigenvalue weighted by molar-refractivity contribution is 0.146. The summed E-state index contributed by atoms with van der Waals surface area (Å²) in [5.41, 5.74) is 0. The Morgan fingerprint density at radius 2 is 1.65 bits per heavy atom. The Kier molecular flexibility index (Phi) is 11.2. The number of benzene rings is 1. The van der Waals surface area contributed by atoms with Gasteiger partial charge in [-0.1, -0.05) is 25.7 Å². The van der Waals surface area contributed by atoms with Crippen molar-refractivity contribution in [3.63, 3.8) is 0 Å². The van der Waals surface area contributed by atoms with Gasteiger partial charge in [0.05, 0.1) is 11.5 Å². The van der Waals surface area contributed by atoms with Gasteiger partial charge in [-0.15, -0.1) is 12.4 Å². The predicted molar refractivity (Wildman–Crippen MR) is 106 cm³/mol. The highest BCUT2D eigenvalue weighted by Gasteiger charge is 2.15. The smallest absolute Gasteiger partial charge is 0.240 e. The highest BCUT2D eigenvalue weighted by molar-refractivity contribution is 7.89. The summed E-state index contributed by atoms with van der Waals surface area (Å²) in [4.78, 5) is 0.251. The molecular formula is C18H31ClN2O4S. The van der Waals surface area contributed by atoms with E-state index in [2.05, 4.69) is 10.0 Å². The highest BCUT2D eigenvalue weighted by Crippen LogP contribution is 2.17. The molecule has 2 N–H and O–H groups in total. The topological polar surface area (TPSA) is 76.7 Å². The van der Waals surface area contributed by atoms with Gasteiger partial charge in [-0.25, -0.2) is 13.1 Å². The van der Waals surface area contributed by atoms with Crippen LogP contribution in [0.3, 0.4) is 0 Å². The summed E-state index contributed by atoms with van der Waals surface area (Å²) in [6, 6.07) is 6.96. The van der Waals surface area contributed by atoms with Crippen molar-refractivity contribution >= 4 is 22.4 Å². The molecule has 26 heavy (non-hydrogen) atoms. The Morgan fingerprint density at radius 3 is 2.27 bits per heavy atom. The summed E-state index contributed by atoms with van der Waals surface area (Å²) in [7, 11) is -1.88. The molecule has 0 aliphatic heterocycles. The first-order valence-electron chi connectivity index (χ1n) is 9.06.